The van der Waals surface area contributed by atoms with Crippen molar-refractivity contribution in [1.82, 2.24) is 5.32 Å². The quantitative estimate of drug-likeness (QED) is 0.886. The van der Waals surface area contributed by atoms with E-state index in [1.54, 1.807) is 0 Å². The van der Waals surface area contributed by atoms with Crippen LogP contribution in [0.2, 0.25) is 0 Å². The molecule has 0 unspecified atom stereocenters. The summed E-state index contributed by atoms with van der Waals surface area (Å²) in [6, 6.07) is 6.65. The summed E-state index contributed by atoms with van der Waals surface area (Å²) in [5.41, 5.74) is 1.18. The van der Waals surface area contributed by atoms with Gasteiger partial charge in [0, 0.05) is 18.4 Å². The molecular weight excluding hydrogens is 241 g/mol. The van der Waals surface area contributed by atoms with E-state index in [4.69, 9.17) is 0 Å². The summed E-state index contributed by atoms with van der Waals surface area (Å²) in [5, 5.41) is 3.02. The van der Waals surface area contributed by atoms with Crippen LogP contribution in [0.1, 0.15) is 45.6 Å². The number of hydrogen-bond acceptors (Lipinski definition) is 1. The van der Waals surface area contributed by atoms with Crippen molar-refractivity contribution in [2.45, 2.75) is 45.4 Å². The maximum atomic E-state index is 12.9. The van der Waals surface area contributed by atoms with E-state index in [1.165, 1.54) is 12.1 Å². The molecule has 1 aliphatic carbocycles. The van der Waals surface area contributed by atoms with E-state index in [2.05, 4.69) is 26.1 Å². The van der Waals surface area contributed by atoms with Crippen molar-refractivity contribution in [3.63, 3.8) is 0 Å². The van der Waals surface area contributed by atoms with Gasteiger partial charge in [0.1, 0.15) is 5.82 Å². The van der Waals surface area contributed by atoms with Crippen molar-refractivity contribution in [3.8, 4) is 0 Å². The van der Waals surface area contributed by atoms with E-state index in [0.717, 1.165) is 18.4 Å². The lowest BCUT2D eigenvalue weighted by atomic mass is 9.91. The minimum Gasteiger partial charge on any atom is -0.355 e. The topological polar surface area (TPSA) is 29.1 Å². The summed E-state index contributed by atoms with van der Waals surface area (Å²) in [4.78, 5) is 11.8. The number of carbonyl (C=O) groups is 1. The molecule has 2 rings (SSSR count). The molecule has 104 valence electrons. The molecule has 0 bridgehead atoms. The second kappa shape index (κ2) is 4.95. The van der Waals surface area contributed by atoms with Crippen LogP contribution in [0, 0.1) is 11.2 Å². The van der Waals surface area contributed by atoms with E-state index in [-0.39, 0.29) is 22.6 Å². The lowest BCUT2D eigenvalue weighted by Gasteiger charge is -2.20. The van der Waals surface area contributed by atoms with Gasteiger partial charge in [0.25, 0.3) is 0 Å². The van der Waals surface area contributed by atoms with Crippen LogP contribution in [-0.2, 0) is 10.2 Å². The van der Waals surface area contributed by atoms with Crippen molar-refractivity contribution in [1.29, 1.82) is 0 Å². The molecule has 1 aromatic carbocycles. The van der Waals surface area contributed by atoms with E-state index in [1.807, 2.05) is 12.1 Å². The summed E-state index contributed by atoms with van der Waals surface area (Å²) >= 11 is 0. The average Bonchev–Trinajstić information content (AvgIpc) is 3.06. The van der Waals surface area contributed by atoms with Gasteiger partial charge in [0.05, 0.1) is 0 Å². The lowest BCUT2D eigenvalue weighted by Crippen LogP contribution is -2.34. The molecule has 0 saturated heterocycles. The van der Waals surface area contributed by atoms with Crippen LogP contribution in [0.15, 0.2) is 24.3 Å². The molecule has 3 heteroatoms. The molecule has 2 nitrogen and oxygen atoms in total. The molecule has 0 spiro atoms. The van der Waals surface area contributed by atoms with Crippen LogP contribution in [-0.4, -0.2) is 12.5 Å². The second-order valence-corrected chi connectivity index (χ2v) is 6.80. The van der Waals surface area contributed by atoms with Gasteiger partial charge < -0.3 is 5.32 Å². The van der Waals surface area contributed by atoms with Crippen molar-refractivity contribution < 1.29 is 9.18 Å². The third kappa shape index (κ3) is 3.79. The maximum Gasteiger partial charge on any atom is 0.220 e. The maximum absolute atomic E-state index is 12.9. The first-order valence-corrected chi connectivity index (χ1v) is 6.84. The molecule has 1 amide bonds. The van der Waals surface area contributed by atoms with Gasteiger partial charge in [-0.2, -0.15) is 0 Å². The molecule has 1 N–H and O–H groups in total. The zero-order valence-electron chi connectivity index (χ0n) is 11.9. The smallest absolute Gasteiger partial charge is 0.220 e. The molecule has 1 aromatic rings. The minimum absolute atomic E-state index is 0.0106. The molecule has 0 atom stereocenters. The molecule has 0 aromatic heterocycles. The van der Waals surface area contributed by atoms with Crippen molar-refractivity contribution in [3.05, 3.63) is 35.6 Å². The molecule has 0 radical (unpaired) electrons. The Hall–Kier alpha value is -1.38. The van der Waals surface area contributed by atoms with Gasteiger partial charge in [-0.15, -0.1) is 0 Å². The first-order valence-electron chi connectivity index (χ1n) is 6.84. The fraction of sp³-hybridized carbons (Fsp3) is 0.562. The number of rotatable bonds is 4. The van der Waals surface area contributed by atoms with Gasteiger partial charge in [-0.3, -0.25) is 4.79 Å². The van der Waals surface area contributed by atoms with Gasteiger partial charge in [0.2, 0.25) is 5.91 Å². The summed E-state index contributed by atoms with van der Waals surface area (Å²) in [7, 11) is 0. The van der Waals surface area contributed by atoms with Crippen molar-refractivity contribution in [2.75, 3.05) is 6.54 Å². The number of benzene rings is 1. The third-order valence-electron chi connectivity index (χ3n) is 3.62. The van der Waals surface area contributed by atoms with Gasteiger partial charge in [0.15, 0.2) is 0 Å². The molecule has 1 aliphatic rings. The number of nitrogens with one attached hydrogen (secondary N) is 1. The highest BCUT2D eigenvalue weighted by atomic mass is 19.1. The van der Waals surface area contributed by atoms with E-state index in [0.29, 0.717) is 13.0 Å². The fourth-order valence-electron chi connectivity index (χ4n) is 2.33. The van der Waals surface area contributed by atoms with Crippen molar-refractivity contribution >= 4 is 5.91 Å². The number of hydrogen-bond donors (Lipinski definition) is 1. The van der Waals surface area contributed by atoms with Gasteiger partial charge in [-0.05, 0) is 36.0 Å². The largest absolute Gasteiger partial charge is 0.355 e. The Morgan fingerprint density at radius 1 is 1.26 bits per heavy atom. The molecule has 19 heavy (non-hydrogen) atoms. The number of amides is 1. The minimum atomic E-state index is -0.212. The Labute approximate surface area is 114 Å². The third-order valence-corrected chi connectivity index (χ3v) is 3.62. The molecule has 1 saturated carbocycles. The average molecular weight is 263 g/mol. The van der Waals surface area contributed by atoms with Gasteiger partial charge >= 0.3 is 0 Å². The first kappa shape index (κ1) is 14.0. The summed E-state index contributed by atoms with van der Waals surface area (Å²) in [5.74, 6) is -0.114. The first-order chi connectivity index (χ1) is 8.81. The van der Waals surface area contributed by atoms with Crippen LogP contribution >= 0.6 is 0 Å². The van der Waals surface area contributed by atoms with Crippen molar-refractivity contribution in [2.24, 2.45) is 5.41 Å². The second-order valence-electron chi connectivity index (χ2n) is 6.80. The summed E-state index contributed by atoms with van der Waals surface area (Å²) < 4.78 is 12.9. The monoisotopic (exact) mass is 263 g/mol. The molecule has 1 fully saturated rings. The zero-order chi connectivity index (χ0) is 14.1. The normalized spacial score (nSPS) is 17.1. The van der Waals surface area contributed by atoms with Crippen LogP contribution in [0.25, 0.3) is 0 Å². The van der Waals surface area contributed by atoms with Crippen LogP contribution in [0.4, 0.5) is 4.39 Å². The number of carbonyl (C=O) groups excluding carboxylic acids is 1. The van der Waals surface area contributed by atoms with Crippen LogP contribution in [0.5, 0.6) is 0 Å². The molecular formula is C16H22FNO. The SMILES string of the molecule is CC(C)(C)CC(=O)NCC1(c2ccc(F)cc2)CC1. The van der Waals surface area contributed by atoms with Gasteiger partial charge in [-0.1, -0.05) is 32.9 Å². The molecule has 0 aliphatic heterocycles. The summed E-state index contributed by atoms with van der Waals surface area (Å²) in [6.45, 7) is 6.83. The van der Waals surface area contributed by atoms with E-state index >= 15 is 0 Å². The predicted octanol–water partition coefficient (Wildman–Crippen LogP) is 3.41. The number of halogens is 1. The fourth-order valence-corrected chi connectivity index (χ4v) is 2.33. The Morgan fingerprint density at radius 3 is 2.32 bits per heavy atom. The molecule has 0 heterocycles. The van der Waals surface area contributed by atoms with Crippen LogP contribution in [0.3, 0.4) is 0 Å². The van der Waals surface area contributed by atoms with E-state index in [9.17, 15) is 9.18 Å². The van der Waals surface area contributed by atoms with Crippen LogP contribution < -0.4 is 5.32 Å². The summed E-state index contributed by atoms with van der Waals surface area (Å²) in [6.07, 6.45) is 2.66. The Bertz CT molecular complexity index is 455. The predicted molar refractivity (Wildman–Crippen MR) is 74.4 cm³/mol. The zero-order valence-corrected chi connectivity index (χ0v) is 11.9. The Balaban J connectivity index is 1.92. The lowest BCUT2D eigenvalue weighted by molar-refractivity contribution is -0.122. The highest BCUT2D eigenvalue weighted by Crippen LogP contribution is 2.47. The highest BCUT2D eigenvalue weighted by Gasteiger charge is 2.44. The highest BCUT2D eigenvalue weighted by molar-refractivity contribution is 5.76. The van der Waals surface area contributed by atoms with E-state index < -0.39 is 0 Å². The Kier molecular flexibility index (Phi) is 3.66. The Morgan fingerprint density at radius 2 is 1.84 bits per heavy atom. The van der Waals surface area contributed by atoms with Gasteiger partial charge in [-0.25, -0.2) is 4.39 Å². The standard InChI is InChI=1S/C16H22FNO/c1-15(2,3)10-14(19)18-11-16(8-9-16)12-4-6-13(17)7-5-12/h4-7H,8-11H2,1-3H3,(H,18,19).